The van der Waals surface area contributed by atoms with Gasteiger partial charge in [-0.2, -0.15) is 0 Å². The lowest BCUT2D eigenvalue weighted by atomic mass is 9.98. The van der Waals surface area contributed by atoms with Crippen molar-refractivity contribution in [1.29, 1.82) is 0 Å². The topological polar surface area (TPSA) is 41.1 Å². The maximum absolute atomic E-state index is 14.0. The van der Waals surface area contributed by atoms with E-state index in [1.807, 2.05) is 6.92 Å². The Labute approximate surface area is 158 Å². The summed E-state index contributed by atoms with van der Waals surface area (Å²) in [5.41, 5.74) is 1.59. The summed E-state index contributed by atoms with van der Waals surface area (Å²) in [4.78, 5) is 11.4. The van der Waals surface area contributed by atoms with Crippen LogP contribution in [0.4, 0.5) is 14.7 Å². The summed E-state index contributed by atoms with van der Waals surface area (Å²) < 4.78 is 27.1. The van der Waals surface area contributed by atoms with Crippen molar-refractivity contribution in [3.63, 3.8) is 0 Å². The summed E-state index contributed by atoms with van der Waals surface area (Å²) in [6.45, 7) is 1.82. The first-order chi connectivity index (χ1) is 12.0. The van der Waals surface area contributed by atoms with Crippen LogP contribution in [0.15, 0.2) is 24.4 Å². The van der Waals surface area contributed by atoms with Gasteiger partial charge in [-0.15, -0.1) is 12.4 Å². The summed E-state index contributed by atoms with van der Waals surface area (Å²) in [6.07, 6.45) is 6.35. The second-order valence-corrected chi connectivity index (χ2v) is 7.18. The lowest BCUT2D eigenvalue weighted by molar-refractivity contribution is 0.168. The SMILES string of the molecule is Cc1nc(NC2CC3CCC(C2)N3C)ncc1-c1ccc(F)cc1F.Cl. The monoisotopic (exact) mass is 380 g/mol. The van der Waals surface area contributed by atoms with E-state index < -0.39 is 11.6 Å². The van der Waals surface area contributed by atoms with E-state index in [9.17, 15) is 8.78 Å². The molecule has 1 aromatic carbocycles. The standard InChI is InChI=1S/C19H22F2N4.ClH/c1-11-17(16-6-3-12(20)7-18(16)21)10-22-19(23-11)24-13-8-14-4-5-15(9-13)25(14)2;/h3,6-7,10,13-15H,4-5,8-9H2,1-2H3,(H,22,23,24);1H. The molecule has 2 saturated heterocycles. The normalized spacial score (nSPS) is 25.0. The second-order valence-electron chi connectivity index (χ2n) is 7.18. The Hall–Kier alpha value is -1.79. The average Bonchev–Trinajstić information content (AvgIpc) is 2.78. The Morgan fingerprint density at radius 3 is 2.42 bits per heavy atom. The second kappa shape index (κ2) is 7.45. The van der Waals surface area contributed by atoms with Crippen molar-refractivity contribution >= 4 is 18.4 Å². The molecule has 140 valence electrons. The van der Waals surface area contributed by atoms with Crippen LogP contribution in [0.3, 0.4) is 0 Å². The highest BCUT2D eigenvalue weighted by molar-refractivity contribution is 5.85. The fourth-order valence-electron chi connectivity index (χ4n) is 4.22. The number of hydrogen-bond acceptors (Lipinski definition) is 4. The van der Waals surface area contributed by atoms with Crippen LogP contribution in [-0.4, -0.2) is 40.0 Å². The molecule has 0 aliphatic carbocycles. The molecule has 2 aliphatic heterocycles. The van der Waals surface area contributed by atoms with Crippen LogP contribution < -0.4 is 5.32 Å². The van der Waals surface area contributed by atoms with Gasteiger partial charge >= 0.3 is 0 Å². The third kappa shape index (κ3) is 3.53. The maximum Gasteiger partial charge on any atom is 0.223 e. The summed E-state index contributed by atoms with van der Waals surface area (Å²) in [5.74, 6) is -0.605. The zero-order valence-electron chi connectivity index (χ0n) is 14.9. The highest BCUT2D eigenvalue weighted by Crippen LogP contribution is 2.35. The summed E-state index contributed by atoms with van der Waals surface area (Å²) >= 11 is 0. The smallest absolute Gasteiger partial charge is 0.223 e. The minimum atomic E-state index is -0.598. The highest BCUT2D eigenvalue weighted by atomic mass is 35.5. The molecule has 7 heteroatoms. The molecular weight excluding hydrogens is 358 g/mol. The summed E-state index contributed by atoms with van der Waals surface area (Å²) in [6, 6.07) is 5.22. The third-order valence-electron chi connectivity index (χ3n) is 5.63. The predicted octanol–water partition coefficient (Wildman–Crippen LogP) is 4.19. The van der Waals surface area contributed by atoms with Crippen LogP contribution in [0.1, 0.15) is 31.4 Å². The number of fused-ring (bicyclic) bond motifs is 2. The van der Waals surface area contributed by atoms with Crippen LogP contribution in [0.5, 0.6) is 0 Å². The number of piperidine rings is 1. The molecule has 2 aromatic rings. The maximum atomic E-state index is 14.0. The van der Waals surface area contributed by atoms with Gasteiger partial charge in [0, 0.05) is 41.5 Å². The molecule has 0 radical (unpaired) electrons. The summed E-state index contributed by atoms with van der Waals surface area (Å²) in [7, 11) is 2.21. The number of rotatable bonds is 3. The first kappa shape index (κ1) is 19.0. The molecule has 2 aliphatic rings. The molecule has 26 heavy (non-hydrogen) atoms. The zero-order valence-corrected chi connectivity index (χ0v) is 15.7. The molecule has 1 aromatic heterocycles. The Morgan fingerprint density at radius 1 is 1.12 bits per heavy atom. The first-order valence-corrected chi connectivity index (χ1v) is 8.79. The Bertz CT molecular complexity index is 787. The van der Waals surface area contributed by atoms with Crippen molar-refractivity contribution in [1.82, 2.24) is 14.9 Å². The van der Waals surface area contributed by atoms with Gasteiger partial charge in [0.2, 0.25) is 5.95 Å². The zero-order chi connectivity index (χ0) is 17.6. The number of halogens is 3. The molecule has 4 rings (SSSR count). The molecular formula is C19H23ClF2N4. The van der Waals surface area contributed by atoms with E-state index >= 15 is 0 Å². The van der Waals surface area contributed by atoms with E-state index in [-0.39, 0.29) is 12.4 Å². The quantitative estimate of drug-likeness (QED) is 0.866. The number of benzene rings is 1. The van der Waals surface area contributed by atoms with E-state index in [0.717, 1.165) is 18.9 Å². The van der Waals surface area contributed by atoms with Gasteiger partial charge in [-0.05, 0) is 51.8 Å². The van der Waals surface area contributed by atoms with E-state index in [2.05, 4.69) is 27.2 Å². The molecule has 0 spiro atoms. The van der Waals surface area contributed by atoms with Gasteiger partial charge < -0.3 is 10.2 Å². The molecule has 0 amide bonds. The van der Waals surface area contributed by atoms with Gasteiger partial charge in [-0.25, -0.2) is 18.7 Å². The fraction of sp³-hybridized carbons (Fsp3) is 0.474. The molecule has 2 fully saturated rings. The number of nitrogens with zero attached hydrogens (tertiary/aromatic N) is 3. The molecule has 2 unspecified atom stereocenters. The predicted molar refractivity (Wildman–Crippen MR) is 101 cm³/mol. The Kier molecular flexibility index (Phi) is 5.44. The van der Waals surface area contributed by atoms with Gasteiger partial charge in [-0.1, -0.05) is 0 Å². The Morgan fingerprint density at radius 2 is 1.81 bits per heavy atom. The lowest BCUT2D eigenvalue weighted by Crippen LogP contribution is -2.44. The minimum absolute atomic E-state index is 0. The molecule has 2 atom stereocenters. The van der Waals surface area contributed by atoms with Crippen molar-refractivity contribution in [3.8, 4) is 11.1 Å². The largest absolute Gasteiger partial charge is 0.351 e. The molecule has 0 saturated carbocycles. The van der Waals surface area contributed by atoms with Crippen LogP contribution in [-0.2, 0) is 0 Å². The van der Waals surface area contributed by atoms with Crippen LogP contribution in [0, 0.1) is 18.6 Å². The minimum Gasteiger partial charge on any atom is -0.351 e. The third-order valence-corrected chi connectivity index (χ3v) is 5.63. The number of aryl methyl sites for hydroxylation is 1. The van der Waals surface area contributed by atoms with E-state index in [1.54, 1.807) is 6.20 Å². The number of hydrogen-bond donors (Lipinski definition) is 1. The molecule has 3 heterocycles. The van der Waals surface area contributed by atoms with Crippen molar-refractivity contribution in [2.75, 3.05) is 12.4 Å². The molecule has 2 bridgehead atoms. The lowest BCUT2D eigenvalue weighted by Gasteiger charge is -2.36. The highest BCUT2D eigenvalue weighted by Gasteiger charge is 2.38. The fourth-order valence-corrected chi connectivity index (χ4v) is 4.22. The Balaban J connectivity index is 0.00000196. The van der Waals surface area contributed by atoms with Crippen LogP contribution in [0.2, 0.25) is 0 Å². The number of nitrogens with one attached hydrogen (secondary N) is 1. The van der Waals surface area contributed by atoms with Gasteiger partial charge in [-0.3, -0.25) is 0 Å². The molecule has 1 N–H and O–H groups in total. The van der Waals surface area contributed by atoms with Crippen molar-refractivity contribution in [3.05, 3.63) is 41.7 Å². The van der Waals surface area contributed by atoms with Gasteiger partial charge in [0.25, 0.3) is 0 Å². The van der Waals surface area contributed by atoms with E-state index in [0.29, 0.717) is 40.9 Å². The first-order valence-electron chi connectivity index (χ1n) is 8.79. The number of aromatic nitrogens is 2. The van der Waals surface area contributed by atoms with Crippen molar-refractivity contribution < 1.29 is 8.78 Å². The number of anilines is 1. The van der Waals surface area contributed by atoms with Crippen molar-refractivity contribution in [2.45, 2.75) is 50.7 Å². The summed E-state index contributed by atoms with van der Waals surface area (Å²) in [5, 5.41) is 3.44. The molecule has 4 nitrogen and oxygen atoms in total. The van der Waals surface area contributed by atoms with Crippen LogP contribution >= 0.6 is 12.4 Å². The van der Waals surface area contributed by atoms with E-state index in [4.69, 9.17) is 0 Å². The van der Waals surface area contributed by atoms with Gasteiger partial charge in [0.05, 0.1) is 5.69 Å². The average molecular weight is 381 g/mol. The van der Waals surface area contributed by atoms with Crippen molar-refractivity contribution in [2.24, 2.45) is 0 Å². The van der Waals surface area contributed by atoms with Gasteiger partial charge in [0.1, 0.15) is 11.6 Å². The van der Waals surface area contributed by atoms with Crippen LogP contribution in [0.25, 0.3) is 11.1 Å². The van der Waals surface area contributed by atoms with E-state index in [1.165, 1.54) is 25.0 Å². The van der Waals surface area contributed by atoms with Gasteiger partial charge in [0.15, 0.2) is 0 Å².